The number of fused-ring (bicyclic) bond motifs is 1. The standard InChI is InChI=1S/C20H22N4O2/c1-3-24-18-7-5-4-6-17(18)23-19(24)13-22-20(26)16-10-8-15(9-11-16)12-21-14(2)25/h4-11H,3,12-13H2,1-2H3,(H,21,25)(H,22,26). The van der Waals surface area contributed by atoms with E-state index < -0.39 is 0 Å². The van der Waals surface area contributed by atoms with Crippen molar-refractivity contribution < 1.29 is 9.59 Å². The number of carbonyl (C=O) groups excluding carboxylic acids is 2. The van der Waals surface area contributed by atoms with Crippen molar-refractivity contribution in [2.24, 2.45) is 0 Å². The number of rotatable bonds is 6. The molecule has 2 N–H and O–H groups in total. The number of imidazole rings is 1. The van der Waals surface area contributed by atoms with Gasteiger partial charge in [0.2, 0.25) is 5.91 Å². The van der Waals surface area contributed by atoms with Gasteiger partial charge in [0, 0.05) is 25.6 Å². The van der Waals surface area contributed by atoms with Crippen molar-refractivity contribution in [3.8, 4) is 0 Å². The smallest absolute Gasteiger partial charge is 0.251 e. The highest BCUT2D eigenvalue weighted by Gasteiger charge is 2.11. The minimum atomic E-state index is -0.147. The fraction of sp³-hybridized carbons (Fsp3) is 0.250. The number of hydrogen-bond acceptors (Lipinski definition) is 3. The molecular formula is C20H22N4O2. The zero-order valence-corrected chi connectivity index (χ0v) is 15.0. The second-order valence-electron chi connectivity index (χ2n) is 6.05. The molecule has 3 rings (SSSR count). The van der Waals surface area contributed by atoms with E-state index in [9.17, 15) is 9.59 Å². The van der Waals surface area contributed by atoms with Gasteiger partial charge in [0.25, 0.3) is 5.91 Å². The molecule has 134 valence electrons. The van der Waals surface area contributed by atoms with Gasteiger partial charge in [-0.25, -0.2) is 4.98 Å². The van der Waals surface area contributed by atoms with Crippen LogP contribution in [0.4, 0.5) is 0 Å². The van der Waals surface area contributed by atoms with Crippen molar-refractivity contribution in [1.82, 2.24) is 20.2 Å². The summed E-state index contributed by atoms with van der Waals surface area (Å²) < 4.78 is 2.10. The first-order valence-corrected chi connectivity index (χ1v) is 8.64. The van der Waals surface area contributed by atoms with Gasteiger partial charge in [-0.1, -0.05) is 24.3 Å². The summed E-state index contributed by atoms with van der Waals surface area (Å²) in [6.45, 7) is 5.16. The Morgan fingerprint density at radius 2 is 1.73 bits per heavy atom. The highest BCUT2D eigenvalue weighted by molar-refractivity contribution is 5.94. The molecule has 0 saturated heterocycles. The molecule has 0 aliphatic carbocycles. The van der Waals surface area contributed by atoms with Crippen LogP contribution in [0.15, 0.2) is 48.5 Å². The molecule has 6 nitrogen and oxygen atoms in total. The minimum absolute atomic E-state index is 0.0781. The van der Waals surface area contributed by atoms with Crippen LogP contribution in [0.5, 0.6) is 0 Å². The number of carbonyl (C=O) groups is 2. The van der Waals surface area contributed by atoms with Crippen LogP contribution in [-0.4, -0.2) is 21.4 Å². The number of nitrogens with one attached hydrogen (secondary N) is 2. The van der Waals surface area contributed by atoms with Gasteiger partial charge in [-0.05, 0) is 36.8 Å². The Balaban J connectivity index is 1.66. The van der Waals surface area contributed by atoms with Crippen molar-refractivity contribution in [1.29, 1.82) is 0 Å². The van der Waals surface area contributed by atoms with Crippen LogP contribution in [-0.2, 0) is 24.4 Å². The molecule has 2 aromatic carbocycles. The first-order chi connectivity index (χ1) is 12.6. The van der Waals surface area contributed by atoms with Crippen molar-refractivity contribution in [3.63, 3.8) is 0 Å². The van der Waals surface area contributed by atoms with Gasteiger partial charge in [0.05, 0.1) is 17.6 Å². The molecule has 0 spiro atoms. The molecule has 0 atom stereocenters. The van der Waals surface area contributed by atoms with Crippen LogP contribution in [0.2, 0.25) is 0 Å². The lowest BCUT2D eigenvalue weighted by Crippen LogP contribution is -2.25. The van der Waals surface area contributed by atoms with Gasteiger partial charge in [0.1, 0.15) is 5.82 Å². The number of hydrogen-bond donors (Lipinski definition) is 2. The number of nitrogens with zero attached hydrogens (tertiary/aromatic N) is 2. The number of aromatic nitrogens is 2. The second-order valence-corrected chi connectivity index (χ2v) is 6.05. The minimum Gasteiger partial charge on any atom is -0.352 e. The molecule has 0 saturated carbocycles. The highest BCUT2D eigenvalue weighted by atomic mass is 16.2. The molecule has 1 heterocycles. The molecule has 0 radical (unpaired) electrons. The van der Waals surface area contributed by atoms with Gasteiger partial charge in [-0.15, -0.1) is 0 Å². The van der Waals surface area contributed by atoms with E-state index in [0.29, 0.717) is 18.7 Å². The third kappa shape index (κ3) is 3.91. The topological polar surface area (TPSA) is 76.0 Å². The fourth-order valence-corrected chi connectivity index (χ4v) is 2.88. The maximum Gasteiger partial charge on any atom is 0.251 e. The number of para-hydroxylation sites is 2. The summed E-state index contributed by atoms with van der Waals surface area (Å²) in [6, 6.07) is 15.1. The van der Waals surface area contributed by atoms with Crippen LogP contribution in [0, 0.1) is 0 Å². The van der Waals surface area contributed by atoms with E-state index in [1.165, 1.54) is 6.92 Å². The summed E-state index contributed by atoms with van der Waals surface area (Å²) >= 11 is 0. The molecule has 3 aromatic rings. The van der Waals surface area contributed by atoms with E-state index in [1.54, 1.807) is 12.1 Å². The normalized spacial score (nSPS) is 10.7. The molecule has 0 aliphatic rings. The average molecular weight is 350 g/mol. The second kappa shape index (κ2) is 7.82. The van der Waals surface area contributed by atoms with Gasteiger partial charge < -0.3 is 15.2 Å². The molecule has 0 unspecified atom stereocenters. The van der Waals surface area contributed by atoms with Gasteiger partial charge in [0.15, 0.2) is 0 Å². The van der Waals surface area contributed by atoms with Gasteiger partial charge in [-0.3, -0.25) is 9.59 Å². The number of aryl methyl sites for hydroxylation is 1. The average Bonchev–Trinajstić information content (AvgIpc) is 3.02. The Bertz CT molecular complexity index is 929. The molecule has 6 heteroatoms. The summed E-state index contributed by atoms with van der Waals surface area (Å²) in [5, 5.41) is 5.66. The lowest BCUT2D eigenvalue weighted by atomic mass is 10.1. The van der Waals surface area contributed by atoms with E-state index in [0.717, 1.165) is 29.0 Å². The first-order valence-electron chi connectivity index (χ1n) is 8.64. The molecule has 0 bridgehead atoms. The maximum absolute atomic E-state index is 12.4. The molecule has 0 aliphatic heterocycles. The van der Waals surface area contributed by atoms with Gasteiger partial charge >= 0.3 is 0 Å². The van der Waals surface area contributed by atoms with Crippen LogP contribution < -0.4 is 10.6 Å². The summed E-state index contributed by atoms with van der Waals surface area (Å²) in [4.78, 5) is 28.0. The number of benzene rings is 2. The van der Waals surface area contributed by atoms with Crippen molar-refractivity contribution in [2.75, 3.05) is 0 Å². The van der Waals surface area contributed by atoms with E-state index in [2.05, 4.69) is 27.1 Å². The third-order valence-corrected chi connectivity index (χ3v) is 4.21. The summed E-state index contributed by atoms with van der Waals surface area (Å²) in [5.74, 6) is 0.612. The summed E-state index contributed by atoms with van der Waals surface area (Å²) in [5.41, 5.74) is 3.53. The lowest BCUT2D eigenvalue weighted by Gasteiger charge is -2.08. The third-order valence-electron chi connectivity index (χ3n) is 4.21. The van der Waals surface area contributed by atoms with E-state index in [-0.39, 0.29) is 11.8 Å². The lowest BCUT2D eigenvalue weighted by molar-refractivity contribution is -0.119. The van der Waals surface area contributed by atoms with Crippen LogP contribution >= 0.6 is 0 Å². The molecule has 26 heavy (non-hydrogen) atoms. The van der Waals surface area contributed by atoms with Crippen molar-refractivity contribution in [3.05, 3.63) is 65.5 Å². The predicted octanol–water partition coefficient (Wildman–Crippen LogP) is 2.62. The Hall–Kier alpha value is -3.15. The van der Waals surface area contributed by atoms with E-state index >= 15 is 0 Å². The zero-order chi connectivity index (χ0) is 18.5. The van der Waals surface area contributed by atoms with Crippen LogP contribution in [0.1, 0.15) is 35.6 Å². The van der Waals surface area contributed by atoms with Gasteiger partial charge in [-0.2, -0.15) is 0 Å². The Morgan fingerprint density at radius 1 is 1.00 bits per heavy atom. The molecule has 0 fully saturated rings. The summed E-state index contributed by atoms with van der Waals surface area (Å²) in [6.07, 6.45) is 0. The fourth-order valence-electron chi connectivity index (χ4n) is 2.88. The summed E-state index contributed by atoms with van der Waals surface area (Å²) in [7, 11) is 0. The molecular weight excluding hydrogens is 328 g/mol. The predicted molar refractivity (Wildman–Crippen MR) is 101 cm³/mol. The Labute approximate surface area is 152 Å². The molecule has 1 aromatic heterocycles. The largest absolute Gasteiger partial charge is 0.352 e. The van der Waals surface area contributed by atoms with E-state index in [4.69, 9.17) is 0 Å². The van der Waals surface area contributed by atoms with Crippen molar-refractivity contribution in [2.45, 2.75) is 33.5 Å². The van der Waals surface area contributed by atoms with Crippen LogP contribution in [0.25, 0.3) is 11.0 Å². The highest BCUT2D eigenvalue weighted by Crippen LogP contribution is 2.16. The number of amides is 2. The maximum atomic E-state index is 12.4. The quantitative estimate of drug-likeness (QED) is 0.717. The molecule has 2 amide bonds. The zero-order valence-electron chi connectivity index (χ0n) is 15.0. The SMILES string of the molecule is CCn1c(CNC(=O)c2ccc(CNC(C)=O)cc2)nc2ccccc21. The Kier molecular flexibility index (Phi) is 5.31. The monoisotopic (exact) mass is 350 g/mol. The van der Waals surface area contributed by atoms with Crippen molar-refractivity contribution >= 4 is 22.8 Å². The Morgan fingerprint density at radius 3 is 2.42 bits per heavy atom. The van der Waals surface area contributed by atoms with Crippen LogP contribution in [0.3, 0.4) is 0 Å². The first kappa shape index (κ1) is 17.7. The van der Waals surface area contributed by atoms with E-state index in [1.807, 2.05) is 36.4 Å².